The Morgan fingerprint density at radius 3 is 2.76 bits per heavy atom. The Kier molecular flexibility index (Phi) is 4.51. The monoisotopic (exact) mass is 236 g/mol. The van der Waals surface area contributed by atoms with Crippen molar-refractivity contribution >= 4 is 17.6 Å². The van der Waals surface area contributed by atoms with E-state index in [1.165, 1.54) is 0 Å². The average molecular weight is 236 g/mol. The Labute approximate surface area is 99.9 Å². The molecule has 5 nitrogen and oxygen atoms in total. The molecular weight excluding hydrogens is 220 g/mol. The number of nitrogens with one attached hydrogen (secondary N) is 1. The average Bonchev–Trinajstić information content (AvgIpc) is 2.30. The molecule has 0 heterocycles. The molecule has 0 atom stereocenters. The highest BCUT2D eigenvalue weighted by molar-refractivity contribution is 5.98. The Morgan fingerprint density at radius 1 is 1.41 bits per heavy atom. The van der Waals surface area contributed by atoms with Gasteiger partial charge in [-0.1, -0.05) is 6.07 Å². The number of nitrogen functional groups attached to an aromatic ring is 1. The largest absolute Gasteiger partial charge is 0.465 e. The molecule has 1 amide bonds. The van der Waals surface area contributed by atoms with E-state index in [-0.39, 0.29) is 12.5 Å². The highest BCUT2D eigenvalue weighted by Gasteiger charge is 2.11. The Balaban J connectivity index is 2.64. The van der Waals surface area contributed by atoms with E-state index >= 15 is 0 Å². The van der Waals surface area contributed by atoms with Crippen LogP contribution in [0.2, 0.25) is 0 Å². The van der Waals surface area contributed by atoms with Crippen LogP contribution in [-0.4, -0.2) is 25.0 Å². The van der Waals surface area contributed by atoms with Gasteiger partial charge in [-0.05, 0) is 31.5 Å². The van der Waals surface area contributed by atoms with E-state index in [4.69, 9.17) is 10.5 Å². The third kappa shape index (κ3) is 3.48. The van der Waals surface area contributed by atoms with Crippen molar-refractivity contribution in [1.82, 2.24) is 5.32 Å². The number of amides is 1. The summed E-state index contributed by atoms with van der Waals surface area (Å²) in [5, 5.41) is 2.48. The molecule has 0 aliphatic carbocycles. The first-order valence-electron chi connectivity index (χ1n) is 5.35. The zero-order chi connectivity index (χ0) is 12.8. The lowest BCUT2D eigenvalue weighted by molar-refractivity contribution is -0.141. The van der Waals surface area contributed by atoms with Crippen molar-refractivity contribution in [3.05, 3.63) is 29.3 Å². The summed E-state index contributed by atoms with van der Waals surface area (Å²) in [5.74, 6) is -0.787. The van der Waals surface area contributed by atoms with Crippen LogP contribution in [0.1, 0.15) is 22.8 Å². The van der Waals surface area contributed by atoms with Crippen molar-refractivity contribution in [2.24, 2.45) is 0 Å². The van der Waals surface area contributed by atoms with E-state index in [0.29, 0.717) is 23.4 Å². The molecule has 0 radical (unpaired) electrons. The van der Waals surface area contributed by atoms with Crippen molar-refractivity contribution < 1.29 is 14.3 Å². The molecule has 0 fully saturated rings. The van der Waals surface area contributed by atoms with Crippen LogP contribution in [-0.2, 0) is 9.53 Å². The fraction of sp³-hybridized carbons (Fsp3) is 0.333. The molecule has 0 spiro atoms. The minimum atomic E-state index is -0.456. The molecule has 5 heteroatoms. The molecule has 1 aromatic rings. The maximum Gasteiger partial charge on any atom is 0.325 e. The maximum atomic E-state index is 11.8. The molecule has 0 unspecified atom stereocenters. The van der Waals surface area contributed by atoms with Crippen LogP contribution in [0.4, 0.5) is 5.69 Å². The van der Waals surface area contributed by atoms with Crippen molar-refractivity contribution in [3.8, 4) is 0 Å². The van der Waals surface area contributed by atoms with E-state index in [0.717, 1.165) is 0 Å². The second kappa shape index (κ2) is 5.89. The fourth-order valence-electron chi connectivity index (χ4n) is 1.36. The molecule has 3 N–H and O–H groups in total. The molecule has 0 aliphatic rings. The number of ether oxygens (including phenoxy) is 1. The molecular formula is C12H16N2O3. The number of hydrogen-bond donors (Lipinski definition) is 2. The quantitative estimate of drug-likeness (QED) is 0.600. The Morgan fingerprint density at radius 2 is 2.12 bits per heavy atom. The zero-order valence-electron chi connectivity index (χ0n) is 9.95. The number of carbonyl (C=O) groups excluding carboxylic acids is 2. The summed E-state index contributed by atoms with van der Waals surface area (Å²) < 4.78 is 4.70. The first-order valence-corrected chi connectivity index (χ1v) is 5.35. The summed E-state index contributed by atoms with van der Waals surface area (Å²) in [6.45, 7) is 3.63. The molecule has 1 rings (SSSR count). The summed E-state index contributed by atoms with van der Waals surface area (Å²) in [7, 11) is 0. The van der Waals surface area contributed by atoms with Crippen LogP contribution in [0.3, 0.4) is 0 Å². The number of benzene rings is 1. The SMILES string of the molecule is CCOC(=O)CNC(=O)c1cccc(N)c1C. The molecule has 0 saturated carbocycles. The lowest BCUT2D eigenvalue weighted by atomic mass is 10.1. The van der Waals surface area contributed by atoms with E-state index in [1.807, 2.05) is 0 Å². The fourth-order valence-corrected chi connectivity index (χ4v) is 1.36. The van der Waals surface area contributed by atoms with Crippen LogP contribution in [0.25, 0.3) is 0 Å². The van der Waals surface area contributed by atoms with E-state index in [9.17, 15) is 9.59 Å². The maximum absolute atomic E-state index is 11.8. The molecule has 0 aliphatic heterocycles. The van der Waals surface area contributed by atoms with Gasteiger partial charge < -0.3 is 15.8 Å². The van der Waals surface area contributed by atoms with Gasteiger partial charge >= 0.3 is 5.97 Å². The van der Waals surface area contributed by atoms with Crippen LogP contribution in [0.5, 0.6) is 0 Å². The van der Waals surface area contributed by atoms with Crippen LogP contribution in [0.15, 0.2) is 18.2 Å². The molecule has 0 bridgehead atoms. The van der Waals surface area contributed by atoms with E-state index < -0.39 is 5.97 Å². The van der Waals surface area contributed by atoms with Gasteiger partial charge in [-0.3, -0.25) is 9.59 Å². The van der Waals surface area contributed by atoms with E-state index in [1.54, 1.807) is 32.0 Å². The van der Waals surface area contributed by atoms with Crippen molar-refractivity contribution in [2.45, 2.75) is 13.8 Å². The second-order valence-corrected chi connectivity index (χ2v) is 3.51. The topological polar surface area (TPSA) is 81.4 Å². The standard InChI is InChI=1S/C12H16N2O3/c1-3-17-11(15)7-14-12(16)9-5-4-6-10(13)8(9)2/h4-6H,3,7,13H2,1-2H3,(H,14,16). The van der Waals surface area contributed by atoms with Gasteiger partial charge in [0.1, 0.15) is 6.54 Å². The second-order valence-electron chi connectivity index (χ2n) is 3.51. The predicted octanol–water partition coefficient (Wildman–Crippen LogP) is 0.870. The first kappa shape index (κ1) is 13.0. The van der Waals surface area contributed by atoms with Gasteiger partial charge in [-0.15, -0.1) is 0 Å². The number of esters is 1. The third-order valence-corrected chi connectivity index (χ3v) is 2.32. The highest BCUT2D eigenvalue weighted by atomic mass is 16.5. The summed E-state index contributed by atoms with van der Waals surface area (Å²) in [4.78, 5) is 22.8. The number of nitrogens with two attached hydrogens (primary N) is 1. The lowest BCUT2D eigenvalue weighted by Crippen LogP contribution is -2.31. The van der Waals surface area contributed by atoms with Crippen molar-refractivity contribution in [3.63, 3.8) is 0 Å². The van der Waals surface area contributed by atoms with Crippen LogP contribution >= 0.6 is 0 Å². The van der Waals surface area contributed by atoms with E-state index in [2.05, 4.69) is 5.32 Å². The lowest BCUT2D eigenvalue weighted by Gasteiger charge is -2.08. The highest BCUT2D eigenvalue weighted by Crippen LogP contribution is 2.14. The normalized spacial score (nSPS) is 9.76. The number of hydrogen-bond acceptors (Lipinski definition) is 4. The summed E-state index contributed by atoms with van der Waals surface area (Å²) >= 11 is 0. The van der Waals surface area contributed by atoms with Gasteiger partial charge in [0.05, 0.1) is 6.61 Å². The zero-order valence-corrected chi connectivity index (χ0v) is 9.95. The van der Waals surface area contributed by atoms with Gasteiger partial charge in [0.15, 0.2) is 0 Å². The third-order valence-electron chi connectivity index (χ3n) is 2.32. The molecule has 92 valence electrons. The Bertz CT molecular complexity index is 430. The van der Waals surface area contributed by atoms with Crippen LogP contribution < -0.4 is 11.1 Å². The number of rotatable bonds is 4. The molecule has 0 aromatic heterocycles. The van der Waals surface area contributed by atoms with Crippen molar-refractivity contribution in [2.75, 3.05) is 18.9 Å². The smallest absolute Gasteiger partial charge is 0.325 e. The van der Waals surface area contributed by atoms with Gasteiger partial charge in [-0.2, -0.15) is 0 Å². The molecule has 17 heavy (non-hydrogen) atoms. The predicted molar refractivity (Wildman–Crippen MR) is 64.6 cm³/mol. The van der Waals surface area contributed by atoms with Crippen LogP contribution in [0, 0.1) is 6.92 Å². The minimum absolute atomic E-state index is 0.138. The summed E-state index contributed by atoms with van der Waals surface area (Å²) in [6.07, 6.45) is 0. The molecule has 1 aromatic carbocycles. The van der Waals surface area contributed by atoms with Gasteiger partial charge in [0.2, 0.25) is 0 Å². The summed E-state index contributed by atoms with van der Waals surface area (Å²) in [6, 6.07) is 5.07. The number of carbonyl (C=O) groups is 2. The van der Waals surface area contributed by atoms with Crippen molar-refractivity contribution in [1.29, 1.82) is 0 Å². The summed E-state index contributed by atoms with van der Waals surface area (Å²) in [5.41, 5.74) is 7.41. The Hall–Kier alpha value is -2.04. The van der Waals surface area contributed by atoms with Gasteiger partial charge in [-0.25, -0.2) is 0 Å². The minimum Gasteiger partial charge on any atom is -0.465 e. The van der Waals surface area contributed by atoms with Gasteiger partial charge in [0.25, 0.3) is 5.91 Å². The molecule has 0 saturated heterocycles. The van der Waals surface area contributed by atoms with Gasteiger partial charge in [0, 0.05) is 11.3 Å². The number of anilines is 1. The first-order chi connectivity index (χ1) is 8.06.